The van der Waals surface area contributed by atoms with Gasteiger partial charge in [0, 0.05) is 36.0 Å². The second-order valence-electron chi connectivity index (χ2n) is 8.62. The molecular weight excluding hydrogens is 451 g/mol. The van der Waals surface area contributed by atoms with Gasteiger partial charge in [0.25, 0.3) is 0 Å². The normalized spacial score (nSPS) is 17.9. The lowest BCUT2D eigenvalue weighted by atomic mass is 10.1. The van der Waals surface area contributed by atoms with Crippen LogP contribution in [0.4, 0.5) is 16.0 Å². The van der Waals surface area contributed by atoms with Crippen molar-refractivity contribution in [2.24, 2.45) is 0 Å². The molecule has 2 aromatic carbocycles. The first-order chi connectivity index (χ1) is 17.0. The van der Waals surface area contributed by atoms with Gasteiger partial charge in [0.05, 0.1) is 6.20 Å². The largest absolute Gasteiger partial charge is 0.480 e. The van der Waals surface area contributed by atoms with E-state index in [4.69, 9.17) is 4.42 Å². The number of H-pyrrole nitrogens is 1. The topological polar surface area (TPSA) is 120 Å². The number of hydrogen-bond acceptors (Lipinski definition) is 7. The molecule has 0 unspecified atom stereocenters. The summed E-state index contributed by atoms with van der Waals surface area (Å²) < 4.78 is 19.7. The molecule has 0 bridgehead atoms. The number of anilines is 2. The summed E-state index contributed by atoms with van der Waals surface area (Å²) in [5, 5.41) is 21.3. The number of aliphatic carboxylic acids is 1. The average molecular weight is 472 g/mol. The number of nitrogens with zero attached hydrogens (tertiary/aromatic N) is 4. The van der Waals surface area contributed by atoms with Crippen molar-refractivity contribution in [1.82, 2.24) is 20.2 Å². The second-order valence-corrected chi connectivity index (χ2v) is 8.62. The predicted molar refractivity (Wildman–Crippen MR) is 129 cm³/mol. The van der Waals surface area contributed by atoms with Crippen LogP contribution >= 0.6 is 0 Å². The number of carbonyl (C=O) groups is 1. The first-order valence-corrected chi connectivity index (χ1v) is 11.2. The van der Waals surface area contributed by atoms with Gasteiger partial charge in [-0.25, -0.2) is 19.2 Å². The maximum Gasteiger partial charge on any atom is 0.326 e. The van der Waals surface area contributed by atoms with E-state index in [2.05, 4.69) is 25.5 Å². The lowest BCUT2D eigenvalue weighted by Gasteiger charge is -2.22. The summed E-state index contributed by atoms with van der Waals surface area (Å²) in [6, 6.07) is 13.0. The SMILES string of the molecule is Cc1nc(N2C[C@@H](Nc3[nH]ncc3-c3ccccc3)C[C@H]2C(=O)O)c2oc3cc(F)ccc3c2n1. The molecule has 1 fully saturated rings. The minimum Gasteiger partial charge on any atom is -0.480 e. The Kier molecular flexibility index (Phi) is 4.87. The van der Waals surface area contributed by atoms with E-state index in [1.54, 1.807) is 24.1 Å². The molecule has 176 valence electrons. The fourth-order valence-corrected chi connectivity index (χ4v) is 4.75. The summed E-state index contributed by atoms with van der Waals surface area (Å²) in [5.74, 6) is 0.184. The summed E-state index contributed by atoms with van der Waals surface area (Å²) in [5.41, 5.74) is 3.11. The lowest BCUT2D eigenvalue weighted by molar-refractivity contribution is -0.138. The third kappa shape index (κ3) is 3.63. The van der Waals surface area contributed by atoms with E-state index in [-0.39, 0.29) is 6.04 Å². The van der Waals surface area contributed by atoms with E-state index < -0.39 is 17.8 Å². The Balaban J connectivity index is 1.37. The van der Waals surface area contributed by atoms with Crippen LogP contribution in [-0.4, -0.2) is 49.9 Å². The standard InChI is InChI=1S/C25H21FN6O3/c1-13-28-21-17-8-7-15(26)9-20(17)35-22(21)24(29-13)32-12-16(10-19(32)25(33)34)30-23-18(11-27-31-23)14-5-3-2-4-6-14/h2-9,11,16,19H,10,12H2,1H3,(H,33,34)(H2,27,30,31)/t16-,19-/m0/s1. The molecule has 1 saturated heterocycles. The highest BCUT2D eigenvalue weighted by molar-refractivity contribution is 6.06. The Morgan fingerprint density at radius 1 is 1.23 bits per heavy atom. The van der Waals surface area contributed by atoms with Crippen molar-refractivity contribution in [2.45, 2.75) is 25.4 Å². The van der Waals surface area contributed by atoms with Gasteiger partial charge in [-0.05, 0) is 24.6 Å². The van der Waals surface area contributed by atoms with Gasteiger partial charge in [-0.15, -0.1) is 0 Å². The fraction of sp³-hybridized carbons (Fsp3) is 0.200. The number of furan rings is 1. The fourth-order valence-electron chi connectivity index (χ4n) is 4.75. The maximum atomic E-state index is 13.8. The van der Waals surface area contributed by atoms with Crippen molar-refractivity contribution in [2.75, 3.05) is 16.8 Å². The number of rotatable bonds is 5. The molecule has 35 heavy (non-hydrogen) atoms. The number of benzene rings is 2. The van der Waals surface area contributed by atoms with Gasteiger partial charge in [0.15, 0.2) is 11.4 Å². The van der Waals surface area contributed by atoms with Crippen molar-refractivity contribution in [3.8, 4) is 11.1 Å². The van der Waals surface area contributed by atoms with E-state index in [1.807, 2.05) is 30.3 Å². The third-order valence-corrected chi connectivity index (χ3v) is 6.30. The van der Waals surface area contributed by atoms with Crippen LogP contribution in [-0.2, 0) is 4.79 Å². The molecule has 0 saturated carbocycles. The summed E-state index contributed by atoms with van der Waals surface area (Å²) in [6.45, 7) is 2.10. The Morgan fingerprint density at radius 2 is 2.06 bits per heavy atom. The molecule has 0 aliphatic carbocycles. The monoisotopic (exact) mass is 472 g/mol. The van der Waals surface area contributed by atoms with E-state index in [1.165, 1.54) is 12.1 Å². The molecule has 9 nitrogen and oxygen atoms in total. The molecule has 1 aliphatic rings. The first-order valence-electron chi connectivity index (χ1n) is 11.2. The number of fused-ring (bicyclic) bond motifs is 3. The number of aromatic amines is 1. The molecular formula is C25H21FN6O3. The molecule has 10 heteroatoms. The molecule has 0 radical (unpaired) electrons. The van der Waals surface area contributed by atoms with Crippen LogP contribution in [0.1, 0.15) is 12.2 Å². The highest BCUT2D eigenvalue weighted by Crippen LogP contribution is 2.37. The number of aromatic nitrogens is 4. The lowest BCUT2D eigenvalue weighted by Crippen LogP contribution is -2.37. The van der Waals surface area contributed by atoms with Gasteiger partial charge in [0.2, 0.25) is 0 Å². The Bertz CT molecular complexity index is 1560. The van der Waals surface area contributed by atoms with Crippen LogP contribution in [0, 0.1) is 12.7 Å². The molecule has 4 heterocycles. The van der Waals surface area contributed by atoms with Crippen molar-refractivity contribution < 1.29 is 18.7 Å². The zero-order valence-electron chi connectivity index (χ0n) is 18.7. The first kappa shape index (κ1) is 21.1. The molecule has 0 spiro atoms. The summed E-state index contributed by atoms with van der Waals surface area (Å²) in [4.78, 5) is 23.0. The van der Waals surface area contributed by atoms with Crippen molar-refractivity contribution in [1.29, 1.82) is 0 Å². The number of halogens is 1. The zero-order valence-corrected chi connectivity index (χ0v) is 18.7. The molecule has 0 amide bonds. The molecule has 2 atom stereocenters. The zero-order chi connectivity index (χ0) is 24.1. The number of nitrogens with one attached hydrogen (secondary N) is 2. The minimum absolute atomic E-state index is 0.203. The van der Waals surface area contributed by atoms with Crippen LogP contribution in [0.25, 0.3) is 33.2 Å². The molecule has 6 rings (SSSR count). The number of carboxylic acids is 1. The van der Waals surface area contributed by atoms with Gasteiger partial charge >= 0.3 is 5.97 Å². The van der Waals surface area contributed by atoms with E-state index in [0.29, 0.717) is 46.7 Å². The molecule has 1 aliphatic heterocycles. The van der Waals surface area contributed by atoms with Crippen molar-refractivity contribution in [3.63, 3.8) is 0 Å². The van der Waals surface area contributed by atoms with Crippen LogP contribution in [0.2, 0.25) is 0 Å². The van der Waals surface area contributed by atoms with Crippen LogP contribution < -0.4 is 10.2 Å². The highest BCUT2D eigenvalue weighted by Gasteiger charge is 2.40. The van der Waals surface area contributed by atoms with Gasteiger partial charge in [-0.2, -0.15) is 5.10 Å². The summed E-state index contributed by atoms with van der Waals surface area (Å²) >= 11 is 0. The van der Waals surface area contributed by atoms with E-state index >= 15 is 0 Å². The van der Waals surface area contributed by atoms with Crippen LogP contribution in [0.15, 0.2) is 59.1 Å². The van der Waals surface area contributed by atoms with Gasteiger partial charge in [-0.1, -0.05) is 30.3 Å². The Labute approximate surface area is 198 Å². The molecule has 3 aromatic heterocycles. The maximum absolute atomic E-state index is 13.8. The van der Waals surface area contributed by atoms with Crippen LogP contribution in [0.5, 0.6) is 0 Å². The highest BCUT2D eigenvalue weighted by atomic mass is 19.1. The molecule has 5 aromatic rings. The number of carboxylic acid groups (broad SMARTS) is 1. The van der Waals surface area contributed by atoms with Crippen LogP contribution in [0.3, 0.4) is 0 Å². The number of hydrogen-bond donors (Lipinski definition) is 3. The predicted octanol–water partition coefficient (Wildman–Crippen LogP) is 4.36. The third-order valence-electron chi connectivity index (χ3n) is 6.30. The molecule has 3 N–H and O–H groups in total. The number of aryl methyl sites for hydroxylation is 1. The van der Waals surface area contributed by atoms with Crippen molar-refractivity contribution >= 4 is 39.7 Å². The second kappa shape index (κ2) is 8.08. The quantitative estimate of drug-likeness (QED) is 0.345. The Hall–Kier alpha value is -4.47. The Morgan fingerprint density at radius 3 is 2.86 bits per heavy atom. The van der Waals surface area contributed by atoms with E-state index in [9.17, 15) is 14.3 Å². The summed E-state index contributed by atoms with van der Waals surface area (Å²) in [6.07, 6.45) is 2.08. The average Bonchev–Trinajstić information content (AvgIpc) is 3.56. The van der Waals surface area contributed by atoms with Gasteiger partial charge in [-0.3, -0.25) is 5.10 Å². The van der Waals surface area contributed by atoms with E-state index in [0.717, 1.165) is 16.9 Å². The van der Waals surface area contributed by atoms with Gasteiger partial charge < -0.3 is 19.7 Å². The van der Waals surface area contributed by atoms with Gasteiger partial charge in [0.1, 0.15) is 34.6 Å². The summed E-state index contributed by atoms with van der Waals surface area (Å²) in [7, 11) is 0. The van der Waals surface area contributed by atoms with Crippen molar-refractivity contribution in [3.05, 3.63) is 66.4 Å². The smallest absolute Gasteiger partial charge is 0.326 e. The minimum atomic E-state index is -0.964.